The summed E-state index contributed by atoms with van der Waals surface area (Å²) in [7, 11) is 0. The van der Waals surface area contributed by atoms with Gasteiger partial charge in [-0.3, -0.25) is 0 Å². The van der Waals surface area contributed by atoms with Gasteiger partial charge in [-0.15, -0.1) is 0 Å². The molecule has 0 aliphatic carbocycles. The van der Waals surface area contributed by atoms with E-state index < -0.39 is 25.0 Å². The van der Waals surface area contributed by atoms with Gasteiger partial charge in [-0.25, -0.2) is 0 Å². The molecule has 0 fully saturated rings. The van der Waals surface area contributed by atoms with Crippen molar-refractivity contribution in [1.29, 1.82) is 0 Å². The fourth-order valence-electron chi connectivity index (χ4n) is 2.37. The summed E-state index contributed by atoms with van der Waals surface area (Å²) < 4.78 is 6.59. The van der Waals surface area contributed by atoms with Crippen molar-refractivity contribution < 1.29 is 9.53 Å². The number of hydrogen-bond donors (Lipinski definition) is 1. The second kappa shape index (κ2) is 7.47. The van der Waals surface area contributed by atoms with Gasteiger partial charge in [-0.05, 0) is 0 Å². The van der Waals surface area contributed by atoms with Crippen LogP contribution in [-0.2, 0) is 11.3 Å². The zero-order valence-electron chi connectivity index (χ0n) is 15.6. The third-order valence-electron chi connectivity index (χ3n) is 3.41. The number of aromatic nitrogens is 4. The van der Waals surface area contributed by atoms with Gasteiger partial charge in [0.05, 0.1) is 0 Å². The van der Waals surface area contributed by atoms with Crippen molar-refractivity contribution in [2.24, 2.45) is 0 Å². The average Bonchev–Trinajstić information content (AvgIpc) is 2.51. The summed E-state index contributed by atoms with van der Waals surface area (Å²) in [6.07, 6.45) is 0.897. The van der Waals surface area contributed by atoms with Crippen LogP contribution in [0.15, 0.2) is 24.5 Å². The quantitative estimate of drug-likeness (QED) is 0.788. The molecule has 0 atom stereocenters. The normalized spacial score (nSPS) is 11.9. The van der Waals surface area contributed by atoms with Crippen LogP contribution in [0.1, 0.15) is 26.3 Å². The van der Waals surface area contributed by atoms with Crippen LogP contribution >= 0.6 is 0 Å². The molecule has 1 heterocycles. The molecule has 2 aromatic rings. The maximum atomic E-state index is 11.9. The summed E-state index contributed by atoms with van der Waals surface area (Å²) in [6.45, 7) is 5.97. The Bertz CT molecular complexity index is 739. The molecule has 134 valence electrons. The minimum atomic E-state index is -2.19. The van der Waals surface area contributed by atoms with Crippen LogP contribution < -0.4 is 9.71 Å². The van der Waals surface area contributed by atoms with Gasteiger partial charge in [0.25, 0.3) is 0 Å². The molecule has 1 N–H and O–H groups in total. The van der Waals surface area contributed by atoms with E-state index in [9.17, 15) is 4.79 Å². The van der Waals surface area contributed by atoms with Gasteiger partial charge >= 0.3 is 151 Å². The van der Waals surface area contributed by atoms with Crippen molar-refractivity contribution in [3.05, 3.63) is 30.1 Å². The molecule has 0 radical (unpaired) electrons. The number of nitrogens with one attached hydrogen (secondary N) is 1. The molecular weight excluding hydrogens is 379 g/mol. The Morgan fingerprint density at radius 2 is 1.80 bits per heavy atom. The molecule has 8 heteroatoms. The number of amides is 1. The standard InChI is InChI=1S/C17H25GeN5O2/c1-17(2,3)25-16(24)19-10-13-8-7-12(9-14(13)18(4,5)6)15-22-20-11-21-23-15/h7-9,11H,10H2,1-6H3,(H,19,24). The SMILES string of the molecule is CC(C)(C)OC(=O)NCc1ccc(-c2nncnn2)c[c]1[Ge]([CH3])([CH3])[CH3]. The van der Waals surface area contributed by atoms with E-state index in [0.717, 1.165) is 11.1 Å². The van der Waals surface area contributed by atoms with Gasteiger partial charge < -0.3 is 0 Å². The third-order valence-corrected chi connectivity index (χ3v) is 7.77. The molecule has 0 bridgehead atoms. The van der Waals surface area contributed by atoms with Crippen LogP contribution in [0, 0.1) is 0 Å². The van der Waals surface area contributed by atoms with Crippen LogP contribution in [0.2, 0.25) is 17.3 Å². The molecule has 0 spiro atoms. The zero-order valence-corrected chi connectivity index (χ0v) is 17.7. The fourth-order valence-corrected chi connectivity index (χ4v) is 5.99. The van der Waals surface area contributed by atoms with Crippen LogP contribution in [0.25, 0.3) is 11.4 Å². The molecule has 1 aromatic heterocycles. The number of benzene rings is 1. The van der Waals surface area contributed by atoms with E-state index >= 15 is 0 Å². The number of carbonyl (C=O) groups excluding carboxylic acids is 1. The molecule has 0 saturated heterocycles. The van der Waals surface area contributed by atoms with Crippen molar-refractivity contribution in [3.8, 4) is 11.4 Å². The molecule has 1 amide bonds. The van der Waals surface area contributed by atoms with E-state index in [4.69, 9.17) is 4.74 Å². The monoisotopic (exact) mass is 405 g/mol. The molecule has 7 nitrogen and oxygen atoms in total. The number of nitrogens with zero attached hydrogens (tertiary/aromatic N) is 4. The Morgan fingerprint density at radius 1 is 1.16 bits per heavy atom. The molecule has 0 saturated carbocycles. The number of ether oxygens (including phenoxy) is 1. The average molecular weight is 404 g/mol. The van der Waals surface area contributed by atoms with E-state index in [1.165, 1.54) is 10.7 Å². The van der Waals surface area contributed by atoms with Gasteiger partial charge in [-0.2, -0.15) is 0 Å². The predicted octanol–water partition coefficient (Wildman–Crippen LogP) is 2.50. The van der Waals surface area contributed by atoms with Gasteiger partial charge in [0.1, 0.15) is 0 Å². The topological polar surface area (TPSA) is 89.9 Å². The number of rotatable bonds is 4. The Kier molecular flexibility index (Phi) is 5.77. The third kappa shape index (κ3) is 5.77. The van der Waals surface area contributed by atoms with Crippen LogP contribution in [-0.4, -0.2) is 45.4 Å². The van der Waals surface area contributed by atoms with Gasteiger partial charge in [-0.1, -0.05) is 0 Å². The molecule has 0 unspecified atom stereocenters. The fraction of sp³-hybridized carbons (Fsp3) is 0.471. The summed E-state index contributed by atoms with van der Waals surface area (Å²) in [5, 5.41) is 18.5. The minimum absolute atomic E-state index is 0.413. The second-order valence-electron chi connectivity index (χ2n) is 7.85. The van der Waals surface area contributed by atoms with Crippen molar-refractivity contribution in [3.63, 3.8) is 0 Å². The summed E-state index contributed by atoms with van der Waals surface area (Å²) in [4.78, 5) is 11.9. The molecule has 2 rings (SSSR count). The van der Waals surface area contributed by atoms with Crippen LogP contribution in [0.3, 0.4) is 0 Å². The molecule has 0 aliphatic rings. The molecule has 25 heavy (non-hydrogen) atoms. The van der Waals surface area contributed by atoms with Crippen molar-refractivity contribution >= 4 is 23.8 Å². The van der Waals surface area contributed by atoms with Crippen molar-refractivity contribution in [2.45, 2.75) is 50.2 Å². The van der Waals surface area contributed by atoms with Crippen LogP contribution in [0.4, 0.5) is 4.79 Å². The van der Waals surface area contributed by atoms with Gasteiger partial charge in [0, 0.05) is 0 Å². The zero-order chi connectivity index (χ0) is 18.7. The van der Waals surface area contributed by atoms with E-state index in [-0.39, 0.29) is 0 Å². The Hall–Kier alpha value is -2.03. The summed E-state index contributed by atoms with van der Waals surface area (Å²) in [5.74, 6) is 7.41. The predicted molar refractivity (Wildman–Crippen MR) is 99.1 cm³/mol. The summed E-state index contributed by atoms with van der Waals surface area (Å²) >= 11 is -2.19. The van der Waals surface area contributed by atoms with Gasteiger partial charge in [0.15, 0.2) is 0 Å². The van der Waals surface area contributed by atoms with Gasteiger partial charge in [0.2, 0.25) is 0 Å². The van der Waals surface area contributed by atoms with Crippen molar-refractivity contribution in [2.75, 3.05) is 0 Å². The Morgan fingerprint density at radius 3 is 2.36 bits per heavy atom. The Balaban J connectivity index is 2.25. The van der Waals surface area contributed by atoms with E-state index in [2.05, 4.69) is 49.0 Å². The maximum absolute atomic E-state index is 11.9. The van der Waals surface area contributed by atoms with E-state index in [1.54, 1.807) is 0 Å². The first-order valence-electron chi connectivity index (χ1n) is 8.17. The first kappa shape index (κ1) is 19.3. The van der Waals surface area contributed by atoms with E-state index in [1.807, 2.05) is 32.9 Å². The second-order valence-corrected chi connectivity index (χ2v) is 18.4. The van der Waals surface area contributed by atoms with Crippen molar-refractivity contribution in [1.82, 2.24) is 25.7 Å². The number of hydrogen-bond acceptors (Lipinski definition) is 6. The first-order valence-corrected chi connectivity index (χ1v) is 15.5. The van der Waals surface area contributed by atoms with E-state index in [0.29, 0.717) is 12.4 Å². The molecular formula is C17H25GeN5O2. The number of carbonyl (C=O) groups is 1. The molecule has 0 aliphatic heterocycles. The Labute approximate surface area is 151 Å². The van der Waals surface area contributed by atoms with Crippen LogP contribution in [0.5, 0.6) is 0 Å². The summed E-state index contributed by atoms with van der Waals surface area (Å²) in [5.41, 5.74) is 1.47. The molecule has 1 aromatic carbocycles. The first-order chi connectivity index (χ1) is 11.6. The number of alkyl carbamates (subject to hydrolysis) is 1. The summed E-state index contributed by atoms with van der Waals surface area (Å²) in [6, 6.07) is 6.04.